The summed E-state index contributed by atoms with van der Waals surface area (Å²) in [6.07, 6.45) is 1.67. The highest BCUT2D eigenvalue weighted by Gasteiger charge is 2.26. The minimum Gasteiger partial charge on any atom is -0.337 e. The summed E-state index contributed by atoms with van der Waals surface area (Å²) in [6, 6.07) is 7.82. The van der Waals surface area contributed by atoms with Crippen molar-refractivity contribution in [3.63, 3.8) is 0 Å². The Bertz CT molecular complexity index is 699. The highest BCUT2D eigenvalue weighted by Crippen LogP contribution is 2.19. The second-order valence-corrected chi connectivity index (χ2v) is 6.49. The predicted octanol–water partition coefficient (Wildman–Crippen LogP) is 2.83. The molecule has 2 N–H and O–H groups in total. The van der Waals surface area contributed by atoms with E-state index in [9.17, 15) is 4.79 Å². The molecule has 24 heavy (non-hydrogen) atoms. The minimum atomic E-state index is -0.0346. The van der Waals surface area contributed by atoms with Crippen molar-refractivity contribution in [1.29, 1.82) is 0 Å². The molecule has 0 aliphatic carbocycles. The summed E-state index contributed by atoms with van der Waals surface area (Å²) in [5, 5.41) is 11.3. The number of hydrogen-bond acceptors (Lipinski definition) is 3. The first kappa shape index (κ1) is 18.8. The lowest BCUT2D eigenvalue weighted by Gasteiger charge is -2.25. The minimum absolute atomic E-state index is 0. The van der Waals surface area contributed by atoms with Crippen molar-refractivity contribution in [1.82, 2.24) is 20.4 Å². The van der Waals surface area contributed by atoms with Gasteiger partial charge in [0.2, 0.25) is 0 Å². The fourth-order valence-electron chi connectivity index (χ4n) is 2.87. The summed E-state index contributed by atoms with van der Waals surface area (Å²) in [6.45, 7) is 3.67. The van der Waals surface area contributed by atoms with Gasteiger partial charge in [0.15, 0.2) is 5.69 Å². The van der Waals surface area contributed by atoms with Crippen LogP contribution in [0.2, 0.25) is 5.02 Å². The number of halogens is 2. The molecule has 0 spiro atoms. The van der Waals surface area contributed by atoms with Gasteiger partial charge in [0, 0.05) is 48.9 Å². The SMILES string of the molecule is CC(Cc1ccc(Cl)cc1)N(C)C(=O)c1n[nH]c2c1CNCC2.Cl. The van der Waals surface area contributed by atoms with Crippen LogP contribution in [0, 0.1) is 0 Å². The molecule has 7 heteroatoms. The van der Waals surface area contributed by atoms with Gasteiger partial charge in [0.25, 0.3) is 5.91 Å². The number of carbonyl (C=O) groups is 1. The topological polar surface area (TPSA) is 61.0 Å². The van der Waals surface area contributed by atoms with Crippen LogP contribution in [0.15, 0.2) is 24.3 Å². The van der Waals surface area contributed by atoms with Crippen LogP contribution in [0.5, 0.6) is 0 Å². The maximum atomic E-state index is 12.8. The number of nitrogens with zero attached hydrogens (tertiary/aromatic N) is 2. The zero-order valence-electron chi connectivity index (χ0n) is 13.8. The molecule has 2 aromatic rings. The van der Waals surface area contributed by atoms with E-state index >= 15 is 0 Å². The summed E-state index contributed by atoms with van der Waals surface area (Å²) < 4.78 is 0. The molecule has 2 heterocycles. The van der Waals surface area contributed by atoms with Crippen LogP contribution in [0.3, 0.4) is 0 Å². The lowest BCUT2D eigenvalue weighted by molar-refractivity contribution is 0.0736. The lowest BCUT2D eigenvalue weighted by Crippen LogP contribution is -2.37. The van der Waals surface area contributed by atoms with E-state index in [1.165, 1.54) is 0 Å². The summed E-state index contributed by atoms with van der Waals surface area (Å²) in [7, 11) is 1.83. The second kappa shape index (κ2) is 8.01. The van der Waals surface area contributed by atoms with Crippen molar-refractivity contribution in [3.8, 4) is 0 Å². The van der Waals surface area contributed by atoms with E-state index in [0.29, 0.717) is 12.2 Å². The Balaban J connectivity index is 0.00000208. The third-order valence-electron chi connectivity index (χ3n) is 4.43. The van der Waals surface area contributed by atoms with E-state index in [4.69, 9.17) is 11.6 Å². The predicted molar refractivity (Wildman–Crippen MR) is 98.0 cm³/mol. The van der Waals surface area contributed by atoms with E-state index in [1.807, 2.05) is 38.2 Å². The van der Waals surface area contributed by atoms with Crippen LogP contribution in [-0.4, -0.2) is 40.6 Å². The van der Waals surface area contributed by atoms with Crippen LogP contribution in [0.4, 0.5) is 0 Å². The highest BCUT2D eigenvalue weighted by atomic mass is 35.5. The van der Waals surface area contributed by atoms with Crippen LogP contribution in [-0.2, 0) is 19.4 Å². The number of amides is 1. The Morgan fingerprint density at radius 3 is 2.79 bits per heavy atom. The number of likely N-dealkylation sites (N-methyl/N-ethyl adjacent to an activating group) is 1. The lowest BCUT2D eigenvalue weighted by atomic mass is 10.0. The zero-order chi connectivity index (χ0) is 16.4. The third-order valence-corrected chi connectivity index (χ3v) is 4.69. The average Bonchev–Trinajstić information content (AvgIpc) is 2.99. The molecule has 0 saturated carbocycles. The first-order valence-electron chi connectivity index (χ1n) is 7.84. The summed E-state index contributed by atoms with van der Waals surface area (Å²) in [5.41, 5.74) is 3.78. The van der Waals surface area contributed by atoms with Gasteiger partial charge in [0.05, 0.1) is 0 Å². The van der Waals surface area contributed by atoms with Crippen molar-refractivity contribution in [2.24, 2.45) is 0 Å². The van der Waals surface area contributed by atoms with Crippen molar-refractivity contribution < 1.29 is 4.79 Å². The number of carbonyl (C=O) groups excluding carboxylic acids is 1. The number of rotatable bonds is 4. The summed E-state index contributed by atoms with van der Waals surface area (Å²) >= 11 is 5.91. The van der Waals surface area contributed by atoms with Gasteiger partial charge in [-0.15, -0.1) is 12.4 Å². The number of nitrogens with one attached hydrogen (secondary N) is 2. The van der Waals surface area contributed by atoms with Gasteiger partial charge in [-0.05, 0) is 31.0 Å². The van der Waals surface area contributed by atoms with Gasteiger partial charge >= 0.3 is 0 Å². The molecule has 1 atom stereocenters. The average molecular weight is 369 g/mol. The molecule has 1 amide bonds. The monoisotopic (exact) mass is 368 g/mol. The quantitative estimate of drug-likeness (QED) is 0.871. The third kappa shape index (κ3) is 3.91. The first-order valence-corrected chi connectivity index (χ1v) is 8.22. The fraction of sp³-hybridized carbons (Fsp3) is 0.412. The van der Waals surface area contributed by atoms with Crippen molar-refractivity contribution >= 4 is 29.9 Å². The normalized spacial score (nSPS) is 14.5. The Morgan fingerprint density at radius 1 is 1.38 bits per heavy atom. The molecule has 3 rings (SSSR count). The van der Waals surface area contributed by atoms with Gasteiger partial charge in [-0.25, -0.2) is 0 Å². The van der Waals surface area contributed by atoms with E-state index in [2.05, 4.69) is 15.5 Å². The van der Waals surface area contributed by atoms with E-state index < -0.39 is 0 Å². The Morgan fingerprint density at radius 2 is 2.08 bits per heavy atom. The van der Waals surface area contributed by atoms with E-state index in [1.54, 1.807) is 4.90 Å². The molecule has 1 aliphatic heterocycles. The van der Waals surface area contributed by atoms with Crippen molar-refractivity contribution in [2.75, 3.05) is 13.6 Å². The number of H-pyrrole nitrogens is 1. The molecule has 0 radical (unpaired) electrons. The molecule has 130 valence electrons. The number of aromatic nitrogens is 2. The first-order chi connectivity index (χ1) is 11.1. The zero-order valence-corrected chi connectivity index (χ0v) is 15.4. The molecule has 0 fully saturated rings. The van der Waals surface area contributed by atoms with Crippen molar-refractivity contribution in [3.05, 3.63) is 51.8 Å². The molecule has 1 aliphatic rings. The smallest absolute Gasteiger partial charge is 0.274 e. The highest BCUT2D eigenvalue weighted by molar-refractivity contribution is 6.30. The second-order valence-electron chi connectivity index (χ2n) is 6.05. The standard InChI is InChI=1S/C17H21ClN4O.ClH/c1-11(9-12-3-5-13(18)6-4-12)22(2)17(23)16-14-10-19-8-7-15(14)20-21-16;/h3-6,11,19H,7-10H2,1-2H3,(H,20,21);1H. The Hall–Kier alpha value is -1.56. The maximum absolute atomic E-state index is 12.8. The number of hydrogen-bond donors (Lipinski definition) is 2. The van der Waals surface area contributed by atoms with Crippen LogP contribution >= 0.6 is 24.0 Å². The Labute approximate surface area is 153 Å². The molecule has 0 bridgehead atoms. The van der Waals surface area contributed by atoms with E-state index in [-0.39, 0.29) is 24.4 Å². The fourth-order valence-corrected chi connectivity index (χ4v) is 2.99. The molecule has 1 aromatic heterocycles. The molecule has 1 aromatic carbocycles. The van der Waals surface area contributed by atoms with Gasteiger partial charge in [-0.2, -0.15) is 5.10 Å². The van der Waals surface area contributed by atoms with Gasteiger partial charge in [-0.1, -0.05) is 23.7 Å². The number of aromatic amines is 1. The molecule has 0 saturated heterocycles. The summed E-state index contributed by atoms with van der Waals surface area (Å²) in [4.78, 5) is 14.5. The van der Waals surface area contributed by atoms with Gasteiger partial charge in [0.1, 0.15) is 0 Å². The van der Waals surface area contributed by atoms with Crippen molar-refractivity contribution in [2.45, 2.75) is 32.4 Å². The summed E-state index contributed by atoms with van der Waals surface area (Å²) in [5.74, 6) is -0.0346. The number of fused-ring (bicyclic) bond motifs is 1. The largest absolute Gasteiger partial charge is 0.337 e. The Kier molecular flexibility index (Phi) is 6.27. The van der Waals surface area contributed by atoms with E-state index in [0.717, 1.165) is 41.2 Å². The number of benzene rings is 1. The van der Waals surface area contributed by atoms with Crippen LogP contribution in [0.25, 0.3) is 0 Å². The molecule has 5 nitrogen and oxygen atoms in total. The van der Waals surface area contributed by atoms with Crippen LogP contribution in [0.1, 0.15) is 34.2 Å². The molecular weight excluding hydrogens is 347 g/mol. The van der Waals surface area contributed by atoms with Crippen LogP contribution < -0.4 is 5.32 Å². The molecular formula is C17H22Cl2N4O. The van der Waals surface area contributed by atoms with Gasteiger partial charge in [-0.3, -0.25) is 9.89 Å². The van der Waals surface area contributed by atoms with Gasteiger partial charge < -0.3 is 10.2 Å². The molecule has 1 unspecified atom stereocenters. The maximum Gasteiger partial charge on any atom is 0.274 e.